The van der Waals surface area contributed by atoms with Gasteiger partial charge in [0.1, 0.15) is 5.88 Å². The van der Waals surface area contributed by atoms with E-state index in [9.17, 15) is 14.4 Å². The number of ketones is 1. The number of ether oxygens (including phenoxy) is 2. The fourth-order valence-corrected chi connectivity index (χ4v) is 1.43. The predicted octanol–water partition coefficient (Wildman–Crippen LogP) is 1.02. The Morgan fingerprint density at radius 2 is 2.24 bits per heavy atom. The van der Waals surface area contributed by atoms with E-state index >= 15 is 0 Å². The van der Waals surface area contributed by atoms with Crippen LogP contribution >= 0.6 is 23.2 Å². The number of carbonyl (C=O) groups excluding carboxylic acids is 3. The van der Waals surface area contributed by atoms with Gasteiger partial charge < -0.3 is 9.47 Å². The van der Waals surface area contributed by atoms with Gasteiger partial charge in [0, 0.05) is 12.3 Å². The average Bonchev–Trinajstić information content (AvgIpc) is 2.71. The van der Waals surface area contributed by atoms with Crippen LogP contribution in [0.2, 0.25) is 0 Å². The molecule has 94 valence electrons. The van der Waals surface area contributed by atoms with Gasteiger partial charge in [0.25, 0.3) is 5.56 Å². The lowest BCUT2D eigenvalue weighted by atomic mass is 10.1. The second-order valence-corrected chi connectivity index (χ2v) is 4.02. The van der Waals surface area contributed by atoms with Crippen molar-refractivity contribution in [3.63, 3.8) is 0 Å². The van der Waals surface area contributed by atoms with E-state index in [2.05, 4.69) is 4.74 Å². The number of halogens is 2. The fraction of sp³-hybridized carbons (Fsp3) is 0.500. The van der Waals surface area contributed by atoms with Crippen molar-refractivity contribution < 1.29 is 23.9 Å². The normalized spacial score (nSPS) is 20.1. The molecule has 1 aliphatic carbocycles. The SMILES string of the molecule is O=C1C=CC(COC(=O)C(Cl)OC(=O)CCl)C1. The summed E-state index contributed by atoms with van der Waals surface area (Å²) in [6.07, 6.45) is 3.40. The largest absolute Gasteiger partial charge is 0.461 e. The number of hydrogen-bond acceptors (Lipinski definition) is 5. The monoisotopic (exact) mass is 280 g/mol. The second kappa shape index (κ2) is 6.61. The number of alkyl halides is 2. The van der Waals surface area contributed by atoms with Crippen LogP contribution in [0.4, 0.5) is 0 Å². The van der Waals surface area contributed by atoms with Crippen molar-refractivity contribution in [1.82, 2.24) is 0 Å². The van der Waals surface area contributed by atoms with Crippen LogP contribution in [0.3, 0.4) is 0 Å². The molecule has 1 rings (SSSR count). The summed E-state index contributed by atoms with van der Waals surface area (Å²) in [6.45, 7) is 0.0305. The number of esters is 2. The summed E-state index contributed by atoms with van der Waals surface area (Å²) in [5.74, 6) is -2.23. The van der Waals surface area contributed by atoms with Crippen LogP contribution in [0.15, 0.2) is 12.2 Å². The Bertz CT molecular complexity index is 353. The lowest BCUT2D eigenvalue weighted by Gasteiger charge is -2.12. The first kappa shape index (κ1) is 14.0. The Kier molecular flexibility index (Phi) is 5.44. The minimum atomic E-state index is -1.51. The molecule has 0 spiro atoms. The van der Waals surface area contributed by atoms with E-state index in [1.807, 2.05) is 0 Å². The van der Waals surface area contributed by atoms with Gasteiger partial charge in [-0.05, 0) is 6.08 Å². The van der Waals surface area contributed by atoms with Crippen molar-refractivity contribution in [2.24, 2.45) is 5.92 Å². The summed E-state index contributed by atoms with van der Waals surface area (Å²) >= 11 is 10.6. The molecule has 17 heavy (non-hydrogen) atoms. The van der Waals surface area contributed by atoms with Crippen molar-refractivity contribution in [3.8, 4) is 0 Å². The molecule has 2 atom stereocenters. The van der Waals surface area contributed by atoms with Gasteiger partial charge in [0.2, 0.25) is 0 Å². The maximum Gasteiger partial charge on any atom is 0.363 e. The zero-order valence-corrected chi connectivity index (χ0v) is 10.2. The van der Waals surface area contributed by atoms with E-state index in [4.69, 9.17) is 27.9 Å². The average molecular weight is 281 g/mol. The molecule has 0 amide bonds. The number of rotatable bonds is 5. The van der Waals surface area contributed by atoms with Crippen molar-refractivity contribution in [2.75, 3.05) is 12.5 Å². The van der Waals surface area contributed by atoms with Gasteiger partial charge in [-0.3, -0.25) is 9.59 Å². The summed E-state index contributed by atoms with van der Waals surface area (Å²) in [5.41, 5.74) is -1.51. The minimum Gasteiger partial charge on any atom is -0.461 e. The summed E-state index contributed by atoms with van der Waals surface area (Å²) in [6, 6.07) is 0. The van der Waals surface area contributed by atoms with Crippen LogP contribution in [-0.4, -0.2) is 35.8 Å². The zero-order valence-electron chi connectivity index (χ0n) is 8.73. The molecule has 0 heterocycles. The van der Waals surface area contributed by atoms with Crippen LogP contribution in [-0.2, 0) is 23.9 Å². The third-order valence-corrected chi connectivity index (χ3v) is 2.47. The highest BCUT2D eigenvalue weighted by Crippen LogP contribution is 2.15. The lowest BCUT2D eigenvalue weighted by molar-refractivity contribution is -0.161. The third-order valence-electron chi connectivity index (χ3n) is 1.99. The Morgan fingerprint density at radius 1 is 1.53 bits per heavy atom. The van der Waals surface area contributed by atoms with E-state index in [1.165, 1.54) is 6.08 Å². The van der Waals surface area contributed by atoms with Crippen LogP contribution in [0.1, 0.15) is 6.42 Å². The topological polar surface area (TPSA) is 69.7 Å². The highest BCUT2D eigenvalue weighted by Gasteiger charge is 2.23. The molecule has 0 bridgehead atoms. The van der Waals surface area contributed by atoms with Crippen LogP contribution < -0.4 is 0 Å². The third kappa shape index (κ3) is 4.75. The summed E-state index contributed by atoms with van der Waals surface area (Å²) in [5, 5.41) is 0. The van der Waals surface area contributed by atoms with E-state index in [0.717, 1.165) is 0 Å². The molecule has 1 aliphatic rings. The van der Waals surface area contributed by atoms with Gasteiger partial charge in [-0.15, -0.1) is 11.6 Å². The van der Waals surface area contributed by atoms with Crippen molar-refractivity contribution >= 4 is 40.9 Å². The maximum absolute atomic E-state index is 11.2. The molecule has 7 heteroatoms. The molecule has 0 fully saturated rings. The summed E-state index contributed by atoms with van der Waals surface area (Å²) in [4.78, 5) is 32.9. The Hall–Kier alpha value is -1.07. The molecule has 0 saturated heterocycles. The molecule has 0 saturated carbocycles. The maximum atomic E-state index is 11.2. The summed E-state index contributed by atoms with van der Waals surface area (Å²) in [7, 11) is 0. The molecule has 0 aliphatic heterocycles. The lowest BCUT2D eigenvalue weighted by Crippen LogP contribution is -2.26. The zero-order chi connectivity index (χ0) is 12.8. The molecule has 0 aromatic heterocycles. The fourth-order valence-electron chi connectivity index (χ4n) is 1.20. The summed E-state index contributed by atoms with van der Waals surface area (Å²) < 4.78 is 9.22. The van der Waals surface area contributed by atoms with Gasteiger partial charge in [0.15, 0.2) is 5.78 Å². The molecule has 5 nitrogen and oxygen atoms in total. The van der Waals surface area contributed by atoms with E-state index < -0.39 is 23.4 Å². The van der Waals surface area contributed by atoms with Gasteiger partial charge >= 0.3 is 11.9 Å². The predicted molar refractivity (Wildman–Crippen MR) is 59.7 cm³/mol. The van der Waals surface area contributed by atoms with Gasteiger partial charge in [-0.25, -0.2) is 4.79 Å². The number of hydrogen-bond donors (Lipinski definition) is 0. The quantitative estimate of drug-likeness (QED) is 0.556. The molecule has 0 aromatic carbocycles. The first-order valence-electron chi connectivity index (χ1n) is 4.80. The van der Waals surface area contributed by atoms with Crippen molar-refractivity contribution in [2.45, 2.75) is 12.0 Å². The smallest absolute Gasteiger partial charge is 0.363 e. The van der Waals surface area contributed by atoms with Crippen LogP contribution in [0.5, 0.6) is 0 Å². The van der Waals surface area contributed by atoms with Crippen LogP contribution in [0.25, 0.3) is 0 Å². The molecule has 0 aromatic rings. The Labute approximate surface area is 108 Å². The van der Waals surface area contributed by atoms with Gasteiger partial charge in [0.05, 0.1) is 6.61 Å². The van der Waals surface area contributed by atoms with Gasteiger partial charge in [-0.2, -0.15) is 0 Å². The highest BCUT2D eigenvalue weighted by molar-refractivity contribution is 6.30. The number of allylic oxidation sites excluding steroid dienone is 1. The first-order chi connectivity index (χ1) is 8.02. The molecule has 0 N–H and O–H groups in total. The minimum absolute atomic E-state index is 0.0120. The van der Waals surface area contributed by atoms with Crippen molar-refractivity contribution in [1.29, 1.82) is 0 Å². The van der Waals surface area contributed by atoms with Crippen LogP contribution in [0, 0.1) is 5.92 Å². The molecule has 0 radical (unpaired) electrons. The standard InChI is InChI=1S/C10H10Cl2O5/c11-4-8(14)17-9(12)10(15)16-5-6-1-2-7(13)3-6/h1-2,6,9H,3-5H2. The highest BCUT2D eigenvalue weighted by atomic mass is 35.5. The van der Waals surface area contributed by atoms with E-state index in [-0.39, 0.29) is 18.3 Å². The molecule has 2 unspecified atom stereocenters. The Morgan fingerprint density at radius 3 is 2.76 bits per heavy atom. The molecular weight excluding hydrogens is 271 g/mol. The van der Waals surface area contributed by atoms with Crippen molar-refractivity contribution in [3.05, 3.63) is 12.2 Å². The van der Waals surface area contributed by atoms with E-state index in [1.54, 1.807) is 6.08 Å². The number of carbonyl (C=O) groups is 3. The van der Waals surface area contributed by atoms with Gasteiger partial charge in [-0.1, -0.05) is 17.7 Å². The first-order valence-corrected chi connectivity index (χ1v) is 5.77. The molecular formula is C10H10Cl2O5. The Balaban J connectivity index is 2.27. The van der Waals surface area contributed by atoms with E-state index in [0.29, 0.717) is 6.42 Å². The second-order valence-electron chi connectivity index (χ2n) is 3.36.